The van der Waals surface area contributed by atoms with Gasteiger partial charge in [-0.3, -0.25) is 14.4 Å². The van der Waals surface area contributed by atoms with E-state index in [1.807, 2.05) is 32.0 Å². The molecule has 2 N–H and O–H groups in total. The molecule has 1 saturated heterocycles. The number of nitrogens with zero attached hydrogens (tertiary/aromatic N) is 1. The number of nitrogens with one attached hydrogen (secondary N) is 2. The molecule has 8 heteroatoms. The second kappa shape index (κ2) is 11.5. The van der Waals surface area contributed by atoms with Gasteiger partial charge in [-0.25, -0.2) is 0 Å². The first-order chi connectivity index (χ1) is 15.9. The first-order valence-corrected chi connectivity index (χ1v) is 11.0. The molecule has 0 unspecified atom stereocenters. The van der Waals surface area contributed by atoms with Gasteiger partial charge in [0.25, 0.3) is 5.91 Å². The number of hydrogen-bond acceptors (Lipinski definition) is 5. The molecule has 0 aromatic heterocycles. The number of carbonyl (C=O) groups is 3. The van der Waals surface area contributed by atoms with E-state index in [4.69, 9.17) is 9.47 Å². The largest absolute Gasteiger partial charge is 0.484 e. The highest BCUT2D eigenvalue weighted by Crippen LogP contribution is 2.27. The topological polar surface area (TPSA) is 97.0 Å². The molecule has 3 rings (SSSR count). The maximum Gasteiger partial charge on any atom is 0.262 e. The van der Waals surface area contributed by atoms with Crippen LogP contribution in [0.4, 0.5) is 11.4 Å². The monoisotopic (exact) mass is 453 g/mol. The highest BCUT2D eigenvalue weighted by atomic mass is 16.5. The summed E-state index contributed by atoms with van der Waals surface area (Å²) in [7, 11) is 1.62. The van der Waals surface area contributed by atoms with Crippen LogP contribution in [-0.4, -0.2) is 51.1 Å². The van der Waals surface area contributed by atoms with Crippen molar-refractivity contribution < 1.29 is 23.9 Å². The summed E-state index contributed by atoms with van der Waals surface area (Å²) in [5.74, 6) is -0.304. The van der Waals surface area contributed by atoms with E-state index in [9.17, 15) is 14.4 Å². The van der Waals surface area contributed by atoms with Crippen LogP contribution in [0, 0.1) is 19.8 Å². The Kier molecular flexibility index (Phi) is 8.43. The minimum absolute atomic E-state index is 0.0893. The SMILES string of the molecule is COCCCNC(=O)[C@@H]1CC(=O)N(c2ccc(OCC(=O)Nc3cc(C)cc(C)c3)cc2)C1. The Morgan fingerprint density at radius 2 is 1.79 bits per heavy atom. The molecule has 1 aliphatic rings. The summed E-state index contributed by atoms with van der Waals surface area (Å²) in [4.78, 5) is 38.6. The first kappa shape index (κ1) is 24.3. The second-order valence-corrected chi connectivity index (χ2v) is 8.25. The normalized spacial score (nSPS) is 15.4. The number of rotatable bonds is 10. The summed E-state index contributed by atoms with van der Waals surface area (Å²) in [6, 6.07) is 12.8. The van der Waals surface area contributed by atoms with Crippen LogP contribution < -0.4 is 20.3 Å². The van der Waals surface area contributed by atoms with Crippen molar-refractivity contribution in [2.75, 3.05) is 43.6 Å². The lowest BCUT2D eigenvalue weighted by atomic mass is 10.1. The third-order valence-corrected chi connectivity index (χ3v) is 5.34. The average Bonchev–Trinajstić information content (AvgIpc) is 3.16. The van der Waals surface area contributed by atoms with Gasteiger partial charge in [-0.1, -0.05) is 6.07 Å². The van der Waals surface area contributed by atoms with Gasteiger partial charge in [0, 0.05) is 44.6 Å². The number of amides is 3. The number of ether oxygens (including phenoxy) is 2. The summed E-state index contributed by atoms with van der Waals surface area (Å²) in [5, 5.41) is 5.69. The molecule has 8 nitrogen and oxygen atoms in total. The predicted molar refractivity (Wildman–Crippen MR) is 126 cm³/mol. The molecular weight excluding hydrogens is 422 g/mol. The first-order valence-electron chi connectivity index (χ1n) is 11.0. The number of benzene rings is 2. The van der Waals surface area contributed by atoms with E-state index in [1.54, 1.807) is 36.3 Å². The smallest absolute Gasteiger partial charge is 0.262 e. The minimum atomic E-state index is -0.370. The van der Waals surface area contributed by atoms with Gasteiger partial charge in [0.2, 0.25) is 11.8 Å². The zero-order valence-electron chi connectivity index (χ0n) is 19.3. The maximum atomic E-state index is 12.4. The molecule has 2 aromatic carbocycles. The van der Waals surface area contributed by atoms with Crippen LogP contribution >= 0.6 is 0 Å². The van der Waals surface area contributed by atoms with Crippen molar-refractivity contribution >= 4 is 29.1 Å². The lowest BCUT2D eigenvalue weighted by Crippen LogP contribution is -2.33. The molecule has 33 heavy (non-hydrogen) atoms. The molecule has 1 fully saturated rings. The Morgan fingerprint density at radius 3 is 2.45 bits per heavy atom. The van der Waals surface area contributed by atoms with Crippen molar-refractivity contribution in [2.24, 2.45) is 5.92 Å². The molecule has 0 spiro atoms. The Bertz CT molecular complexity index is 970. The quantitative estimate of drug-likeness (QED) is 0.539. The summed E-state index contributed by atoms with van der Waals surface area (Å²) in [5.41, 5.74) is 3.58. The fraction of sp³-hybridized carbons (Fsp3) is 0.400. The van der Waals surface area contributed by atoms with E-state index in [2.05, 4.69) is 10.6 Å². The van der Waals surface area contributed by atoms with Gasteiger partial charge in [0.05, 0.1) is 5.92 Å². The highest BCUT2D eigenvalue weighted by Gasteiger charge is 2.34. The van der Waals surface area contributed by atoms with Gasteiger partial charge < -0.3 is 25.0 Å². The number of hydrogen-bond donors (Lipinski definition) is 2. The molecule has 0 bridgehead atoms. The zero-order valence-corrected chi connectivity index (χ0v) is 19.3. The average molecular weight is 454 g/mol. The fourth-order valence-electron chi connectivity index (χ4n) is 3.82. The van der Waals surface area contributed by atoms with E-state index in [0.717, 1.165) is 23.2 Å². The maximum absolute atomic E-state index is 12.4. The fourth-order valence-corrected chi connectivity index (χ4v) is 3.82. The van der Waals surface area contributed by atoms with Crippen molar-refractivity contribution in [3.05, 3.63) is 53.6 Å². The molecule has 3 amide bonds. The summed E-state index contributed by atoms with van der Waals surface area (Å²) in [6.45, 7) is 5.28. The number of carbonyl (C=O) groups excluding carboxylic acids is 3. The van der Waals surface area contributed by atoms with Crippen LogP contribution in [0.5, 0.6) is 5.75 Å². The van der Waals surface area contributed by atoms with Gasteiger partial charge in [-0.15, -0.1) is 0 Å². The minimum Gasteiger partial charge on any atom is -0.484 e. The summed E-state index contributed by atoms with van der Waals surface area (Å²) in [6.07, 6.45) is 0.920. The van der Waals surface area contributed by atoms with E-state index < -0.39 is 0 Å². The van der Waals surface area contributed by atoms with Crippen molar-refractivity contribution in [2.45, 2.75) is 26.7 Å². The molecule has 0 radical (unpaired) electrons. The lowest BCUT2D eigenvalue weighted by molar-refractivity contribution is -0.126. The van der Waals surface area contributed by atoms with Crippen molar-refractivity contribution in [1.82, 2.24) is 5.32 Å². The Labute approximate surface area is 194 Å². The van der Waals surface area contributed by atoms with E-state index in [0.29, 0.717) is 31.1 Å². The van der Waals surface area contributed by atoms with Gasteiger partial charge >= 0.3 is 0 Å². The standard InChI is InChI=1S/C25H31N3O5/c1-17-11-18(2)13-20(12-17)27-23(29)16-33-22-7-5-21(6-8-22)28-15-19(14-24(28)30)25(31)26-9-4-10-32-3/h5-8,11-13,19H,4,9-10,14-16H2,1-3H3,(H,26,31)(H,27,29)/t19-/m1/s1. The molecule has 2 aromatic rings. The van der Waals surface area contributed by atoms with Gasteiger partial charge in [-0.2, -0.15) is 0 Å². The lowest BCUT2D eigenvalue weighted by Gasteiger charge is -2.17. The number of aryl methyl sites for hydroxylation is 2. The molecule has 1 heterocycles. The van der Waals surface area contributed by atoms with Gasteiger partial charge in [0.15, 0.2) is 6.61 Å². The second-order valence-electron chi connectivity index (χ2n) is 8.25. The third kappa shape index (κ3) is 7.05. The number of methoxy groups -OCH3 is 1. The van der Waals surface area contributed by atoms with Gasteiger partial charge in [-0.05, 0) is 67.8 Å². The Morgan fingerprint density at radius 1 is 1.09 bits per heavy atom. The van der Waals surface area contributed by atoms with Crippen molar-refractivity contribution in [3.8, 4) is 5.75 Å². The van der Waals surface area contributed by atoms with Crippen LogP contribution in [0.2, 0.25) is 0 Å². The van der Waals surface area contributed by atoms with Gasteiger partial charge in [0.1, 0.15) is 5.75 Å². The van der Waals surface area contributed by atoms with E-state index in [-0.39, 0.29) is 36.7 Å². The van der Waals surface area contributed by atoms with Crippen LogP contribution in [0.1, 0.15) is 24.0 Å². The summed E-state index contributed by atoms with van der Waals surface area (Å²) >= 11 is 0. The predicted octanol–water partition coefficient (Wildman–Crippen LogP) is 2.83. The molecule has 1 atom stereocenters. The Balaban J connectivity index is 1.48. The Hall–Kier alpha value is -3.39. The highest BCUT2D eigenvalue weighted by molar-refractivity contribution is 6.00. The zero-order chi connectivity index (χ0) is 23.8. The van der Waals surface area contributed by atoms with Crippen molar-refractivity contribution in [1.29, 1.82) is 0 Å². The molecule has 0 saturated carbocycles. The van der Waals surface area contributed by atoms with Crippen molar-refractivity contribution in [3.63, 3.8) is 0 Å². The molecule has 176 valence electrons. The number of anilines is 2. The van der Waals surface area contributed by atoms with Crippen LogP contribution in [0.25, 0.3) is 0 Å². The molecule has 0 aliphatic carbocycles. The van der Waals surface area contributed by atoms with E-state index in [1.165, 1.54) is 0 Å². The molecular formula is C25H31N3O5. The van der Waals surface area contributed by atoms with E-state index >= 15 is 0 Å². The summed E-state index contributed by atoms with van der Waals surface area (Å²) < 4.78 is 10.5. The van der Waals surface area contributed by atoms with Crippen LogP contribution in [0.3, 0.4) is 0 Å². The third-order valence-electron chi connectivity index (χ3n) is 5.34. The van der Waals surface area contributed by atoms with Crippen LogP contribution in [0.15, 0.2) is 42.5 Å². The van der Waals surface area contributed by atoms with Crippen LogP contribution in [-0.2, 0) is 19.1 Å². The molecule has 1 aliphatic heterocycles.